The minimum Gasteiger partial charge on any atom is -0.399 e. The summed E-state index contributed by atoms with van der Waals surface area (Å²) in [6.45, 7) is 1.40. The zero-order valence-electron chi connectivity index (χ0n) is 8.20. The maximum atomic E-state index is 9.11. The number of hydrogen-bond acceptors (Lipinski definition) is 4. The van der Waals surface area contributed by atoms with Crippen molar-refractivity contribution < 1.29 is 10.2 Å². The summed E-state index contributed by atoms with van der Waals surface area (Å²) in [6, 6.07) is 5.10. The molecule has 1 atom stereocenters. The van der Waals surface area contributed by atoms with Gasteiger partial charge in [0.2, 0.25) is 0 Å². The lowest BCUT2D eigenvalue weighted by atomic mass is 9.90. The minimum absolute atomic E-state index is 0.132. The molecule has 0 bridgehead atoms. The average Bonchev–Trinajstić information content (AvgIpc) is 2.17. The number of rotatable bonds is 3. The Morgan fingerprint density at radius 2 is 2.00 bits per heavy atom. The molecule has 4 heteroatoms. The van der Waals surface area contributed by atoms with Gasteiger partial charge in [-0.15, -0.1) is 0 Å². The summed E-state index contributed by atoms with van der Waals surface area (Å²) in [6.07, 6.45) is 0. The molecule has 0 radical (unpaired) electrons. The Labute approximate surface area is 83.2 Å². The van der Waals surface area contributed by atoms with Crippen molar-refractivity contribution in [1.29, 1.82) is 0 Å². The molecule has 0 fully saturated rings. The minimum atomic E-state index is -0.842. The number of nitrogens with two attached hydrogens (primary N) is 2. The topological polar surface area (TPSA) is 92.5 Å². The maximum Gasteiger partial charge on any atom is 0.0685 e. The van der Waals surface area contributed by atoms with Crippen LogP contribution in [0.2, 0.25) is 0 Å². The van der Waals surface area contributed by atoms with E-state index in [1.54, 1.807) is 25.1 Å². The second kappa shape index (κ2) is 3.96. The van der Waals surface area contributed by atoms with Crippen molar-refractivity contribution >= 4 is 5.69 Å². The third-order valence-corrected chi connectivity index (χ3v) is 2.24. The van der Waals surface area contributed by atoms with E-state index >= 15 is 0 Å². The average molecular weight is 196 g/mol. The molecular weight excluding hydrogens is 180 g/mol. The van der Waals surface area contributed by atoms with Crippen molar-refractivity contribution in [3.8, 4) is 0 Å². The van der Waals surface area contributed by atoms with E-state index in [9.17, 15) is 0 Å². The second-order valence-electron chi connectivity index (χ2n) is 3.65. The molecule has 14 heavy (non-hydrogen) atoms. The molecule has 78 valence electrons. The molecule has 0 spiro atoms. The molecule has 0 aromatic heterocycles. The number of anilines is 1. The molecule has 0 saturated heterocycles. The van der Waals surface area contributed by atoms with Crippen LogP contribution in [0, 0.1) is 0 Å². The number of aliphatic hydroxyl groups is 2. The molecule has 4 nitrogen and oxygen atoms in total. The van der Waals surface area contributed by atoms with Gasteiger partial charge in [0.15, 0.2) is 0 Å². The van der Waals surface area contributed by atoms with Gasteiger partial charge in [-0.25, -0.2) is 0 Å². The van der Waals surface area contributed by atoms with Crippen molar-refractivity contribution in [2.75, 3.05) is 12.3 Å². The second-order valence-corrected chi connectivity index (χ2v) is 3.65. The molecule has 1 rings (SSSR count). The first kappa shape index (κ1) is 11.0. The molecule has 0 heterocycles. The standard InChI is InChI=1S/C10H16N2O2/c1-10(12,6-14)9-3-2-8(11)4-7(9)5-13/h2-4,13-14H,5-6,11-12H2,1H3/t10-/m0/s1. The number of aliphatic hydroxyl groups excluding tert-OH is 2. The predicted molar refractivity (Wildman–Crippen MR) is 55.4 cm³/mol. The van der Waals surface area contributed by atoms with Gasteiger partial charge in [0, 0.05) is 5.69 Å². The van der Waals surface area contributed by atoms with E-state index in [0.717, 1.165) is 5.56 Å². The van der Waals surface area contributed by atoms with Crippen LogP contribution in [0.3, 0.4) is 0 Å². The van der Waals surface area contributed by atoms with E-state index in [0.29, 0.717) is 11.3 Å². The van der Waals surface area contributed by atoms with Gasteiger partial charge in [0.25, 0.3) is 0 Å². The van der Waals surface area contributed by atoms with Crippen LogP contribution in [0.25, 0.3) is 0 Å². The van der Waals surface area contributed by atoms with Gasteiger partial charge in [-0.2, -0.15) is 0 Å². The third-order valence-electron chi connectivity index (χ3n) is 2.24. The summed E-state index contributed by atoms with van der Waals surface area (Å²) in [5.41, 5.74) is 12.5. The first-order valence-electron chi connectivity index (χ1n) is 4.40. The summed E-state index contributed by atoms with van der Waals surface area (Å²) in [7, 11) is 0. The van der Waals surface area contributed by atoms with Crippen LogP contribution in [0.1, 0.15) is 18.1 Å². The highest BCUT2D eigenvalue weighted by atomic mass is 16.3. The Bertz CT molecular complexity index is 324. The Morgan fingerprint density at radius 3 is 2.50 bits per heavy atom. The van der Waals surface area contributed by atoms with E-state index in [1.807, 2.05) is 0 Å². The lowest BCUT2D eigenvalue weighted by Gasteiger charge is -2.25. The summed E-state index contributed by atoms with van der Waals surface area (Å²) in [5, 5.41) is 18.2. The molecule has 6 N–H and O–H groups in total. The molecule has 1 aromatic rings. The summed E-state index contributed by atoms with van der Waals surface area (Å²) in [4.78, 5) is 0. The van der Waals surface area contributed by atoms with E-state index in [1.165, 1.54) is 0 Å². The molecule has 0 aliphatic carbocycles. The van der Waals surface area contributed by atoms with Crippen LogP contribution in [0.5, 0.6) is 0 Å². The highest BCUT2D eigenvalue weighted by Crippen LogP contribution is 2.23. The first-order valence-corrected chi connectivity index (χ1v) is 4.40. The number of benzene rings is 1. The van der Waals surface area contributed by atoms with Crippen molar-refractivity contribution in [2.24, 2.45) is 5.73 Å². The third kappa shape index (κ3) is 2.04. The number of nitrogen functional groups attached to an aromatic ring is 1. The molecule has 0 saturated carbocycles. The zero-order valence-corrected chi connectivity index (χ0v) is 8.20. The predicted octanol–water partition coefficient (Wildman–Crippen LogP) is -0.0727. The van der Waals surface area contributed by atoms with Gasteiger partial charge >= 0.3 is 0 Å². The lowest BCUT2D eigenvalue weighted by Crippen LogP contribution is -2.38. The van der Waals surface area contributed by atoms with E-state index in [2.05, 4.69) is 0 Å². The van der Waals surface area contributed by atoms with Gasteiger partial charge in [0.05, 0.1) is 18.8 Å². The van der Waals surface area contributed by atoms with Gasteiger partial charge in [0.1, 0.15) is 0 Å². The van der Waals surface area contributed by atoms with E-state index in [-0.39, 0.29) is 13.2 Å². The monoisotopic (exact) mass is 196 g/mol. The smallest absolute Gasteiger partial charge is 0.0685 e. The van der Waals surface area contributed by atoms with Crippen LogP contribution in [-0.2, 0) is 12.1 Å². The zero-order chi connectivity index (χ0) is 10.8. The fraction of sp³-hybridized carbons (Fsp3) is 0.400. The molecular formula is C10H16N2O2. The molecule has 1 aromatic carbocycles. The van der Waals surface area contributed by atoms with Gasteiger partial charge < -0.3 is 21.7 Å². The van der Waals surface area contributed by atoms with Crippen molar-refractivity contribution in [3.05, 3.63) is 29.3 Å². The Morgan fingerprint density at radius 1 is 1.36 bits per heavy atom. The molecule has 0 amide bonds. The van der Waals surface area contributed by atoms with E-state index < -0.39 is 5.54 Å². The maximum absolute atomic E-state index is 9.11. The van der Waals surface area contributed by atoms with Gasteiger partial charge in [-0.1, -0.05) is 6.07 Å². The van der Waals surface area contributed by atoms with Crippen molar-refractivity contribution in [1.82, 2.24) is 0 Å². The number of hydrogen-bond donors (Lipinski definition) is 4. The fourth-order valence-electron chi connectivity index (χ4n) is 1.39. The fourth-order valence-corrected chi connectivity index (χ4v) is 1.39. The Kier molecular flexibility index (Phi) is 3.10. The lowest BCUT2D eigenvalue weighted by molar-refractivity contribution is 0.205. The summed E-state index contributed by atoms with van der Waals surface area (Å²) >= 11 is 0. The quantitative estimate of drug-likeness (QED) is 0.509. The molecule has 0 aliphatic rings. The van der Waals surface area contributed by atoms with Crippen molar-refractivity contribution in [3.63, 3.8) is 0 Å². The summed E-state index contributed by atoms with van der Waals surface area (Å²) in [5.74, 6) is 0. The normalized spacial score (nSPS) is 15.1. The highest BCUT2D eigenvalue weighted by Gasteiger charge is 2.22. The van der Waals surface area contributed by atoms with Crippen LogP contribution in [0.15, 0.2) is 18.2 Å². The Hall–Kier alpha value is -1.10. The van der Waals surface area contributed by atoms with Crippen molar-refractivity contribution in [2.45, 2.75) is 19.1 Å². The SMILES string of the molecule is C[C@](N)(CO)c1ccc(N)cc1CO. The van der Waals surface area contributed by atoms with Crippen LogP contribution in [-0.4, -0.2) is 16.8 Å². The van der Waals surface area contributed by atoms with E-state index in [4.69, 9.17) is 21.7 Å². The van der Waals surface area contributed by atoms with Crippen LogP contribution < -0.4 is 11.5 Å². The first-order chi connectivity index (χ1) is 6.51. The van der Waals surface area contributed by atoms with Gasteiger partial charge in [-0.05, 0) is 30.2 Å². The largest absolute Gasteiger partial charge is 0.399 e. The van der Waals surface area contributed by atoms with Gasteiger partial charge in [-0.3, -0.25) is 0 Å². The van der Waals surface area contributed by atoms with Crippen LogP contribution >= 0.6 is 0 Å². The molecule has 0 unspecified atom stereocenters. The summed E-state index contributed by atoms with van der Waals surface area (Å²) < 4.78 is 0. The van der Waals surface area contributed by atoms with Crippen LogP contribution in [0.4, 0.5) is 5.69 Å². The molecule has 0 aliphatic heterocycles. The Balaban J connectivity index is 3.20. The highest BCUT2D eigenvalue weighted by molar-refractivity contribution is 5.46.